The van der Waals surface area contributed by atoms with Gasteiger partial charge in [0, 0.05) is 18.6 Å². The molecule has 2 fully saturated rings. The Morgan fingerprint density at radius 3 is 2.41 bits per heavy atom. The summed E-state index contributed by atoms with van der Waals surface area (Å²) in [6, 6.07) is 9.84. The van der Waals surface area contributed by atoms with Crippen LogP contribution in [0.15, 0.2) is 24.3 Å². The van der Waals surface area contributed by atoms with Crippen LogP contribution in [0.3, 0.4) is 0 Å². The topological polar surface area (TPSA) is 32.7 Å². The molecule has 0 spiro atoms. The first-order chi connectivity index (χ1) is 10.8. The maximum Gasteiger partial charge on any atom is 0.119 e. The van der Waals surface area contributed by atoms with Crippen LogP contribution in [-0.2, 0) is 6.54 Å². The molecule has 22 heavy (non-hydrogen) atoms. The van der Waals surface area contributed by atoms with Crippen molar-refractivity contribution in [2.24, 2.45) is 0 Å². The fourth-order valence-corrected chi connectivity index (χ4v) is 4.16. The number of ether oxygens (including phenoxy) is 1. The van der Waals surface area contributed by atoms with Crippen LogP contribution in [0.25, 0.3) is 0 Å². The van der Waals surface area contributed by atoms with Gasteiger partial charge in [0.25, 0.3) is 0 Å². The molecule has 2 aliphatic rings. The number of benzene rings is 1. The van der Waals surface area contributed by atoms with Crippen molar-refractivity contribution in [3.63, 3.8) is 0 Å². The molecule has 3 nitrogen and oxygen atoms in total. The van der Waals surface area contributed by atoms with Crippen molar-refractivity contribution in [3.8, 4) is 5.75 Å². The molecule has 0 aliphatic heterocycles. The molecule has 0 saturated heterocycles. The van der Waals surface area contributed by atoms with Crippen LogP contribution >= 0.6 is 0 Å². The summed E-state index contributed by atoms with van der Waals surface area (Å²) < 4.78 is 5.37. The fraction of sp³-hybridized carbons (Fsp3) is 0.684. The molecular formula is C19H29NO2. The lowest BCUT2D eigenvalue weighted by Crippen LogP contribution is -2.44. The van der Waals surface area contributed by atoms with Crippen molar-refractivity contribution in [1.82, 2.24) is 4.90 Å². The van der Waals surface area contributed by atoms with Gasteiger partial charge in [-0.1, -0.05) is 25.0 Å². The molecule has 1 aromatic carbocycles. The van der Waals surface area contributed by atoms with Gasteiger partial charge in [-0.3, -0.25) is 4.90 Å². The third-order valence-corrected chi connectivity index (χ3v) is 5.43. The minimum atomic E-state index is -0.0708. The van der Waals surface area contributed by atoms with E-state index in [-0.39, 0.29) is 6.10 Å². The Balaban J connectivity index is 1.72. The average molecular weight is 303 g/mol. The van der Waals surface area contributed by atoms with Gasteiger partial charge in [-0.15, -0.1) is 0 Å². The Bertz CT molecular complexity index is 462. The van der Waals surface area contributed by atoms with Crippen LogP contribution in [0, 0.1) is 0 Å². The van der Waals surface area contributed by atoms with Crippen LogP contribution in [0.5, 0.6) is 5.75 Å². The second-order valence-corrected chi connectivity index (χ2v) is 6.92. The summed E-state index contributed by atoms with van der Waals surface area (Å²) in [6.45, 7) is 1.02. The maximum atomic E-state index is 9.80. The average Bonchev–Trinajstić information content (AvgIpc) is 3.08. The van der Waals surface area contributed by atoms with E-state index >= 15 is 0 Å². The van der Waals surface area contributed by atoms with Crippen molar-refractivity contribution in [1.29, 1.82) is 0 Å². The van der Waals surface area contributed by atoms with Crippen molar-refractivity contribution < 1.29 is 9.84 Å². The monoisotopic (exact) mass is 303 g/mol. The first kappa shape index (κ1) is 15.8. The third kappa shape index (κ3) is 3.82. The second-order valence-electron chi connectivity index (χ2n) is 6.92. The van der Waals surface area contributed by atoms with Gasteiger partial charge in [0.05, 0.1) is 13.2 Å². The Morgan fingerprint density at radius 2 is 1.73 bits per heavy atom. The van der Waals surface area contributed by atoms with Gasteiger partial charge < -0.3 is 9.84 Å². The van der Waals surface area contributed by atoms with Gasteiger partial charge in [0.15, 0.2) is 0 Å². The lowest BCUT2D eigenvalue weighted by molar-refractivity contribution is 0.0480. The molecule has 0 bridgehead atoms. The zero-order valence-corrected chi connectivity index (χ0v) is 13.7. The SMILES string of the molecule is COc1cccc(CN(C2CCCC2)C2CCC(O)CC2)c1. The van der Waals surface area contributed by atoms with Crippen molar-refractivity contribution >= 4 is 0 Å². The van der Waals surface area contributed by atoms with E-state index in [2.05, 4.69) is 23.1 Å². The van der Waals surface area contributed by atoms with Crippen LogP contribution in [0.1, 0.15) is 56.9 Å². The van der Waals surface area contributed by atoms with Crippen molar-refractivity contribution in [2.75, 3.05) is 7.11 Å². The van der Waals surface area contributed by atoms with Gasteiger partial charge in [-0.2, -0.15) is 0 Å². The molecule has 1 N–H and O–H groups in total. The third-order valence-electron chi connectivity index (χ3n) is 5.43. The Kier molecular flexibility index (Phi) is 5.37. The van der Waals surface area contributed by atoms with Crippen LogP contribution in [0.2, 0.25) is 0 Å². The van der Waals surface area contributed by atoms with E-state index in [4.69, 9.17) is 4.74 Å². The smallest absolute Gasteiger partial charge is 0.119 e. The minimum Gasteiger partial charge on any atom is -0.497 e. The first-order valence-electron chi connectivity index (χ1n) is 8.83. The van der Waals surface area contributed by atoms with Crippen LogP contribution in [0.4, 0.5) is 0 Å². The van der Waals surface area contributed by atoms with Gasteiger partial charge >= 0.3 is 0 Å². The number of hydrogen-bond donors (Lipinski definition) is 1. The molecule has 0 heterocycles. The maximum absolute atomic E-state index is 9.80. The van der Waals surface area contributed by atoms with Gasteiger partial charge in [0.1, 0.15) is 5.75 Å². The Morgan fingerprint density at radius 1 is 1.05 bits per heavy atom. The Labute approximate surface area is 134 Å². The molecule has 0 aromatic heterocycles. The van der Waals surface area contributed by atoms with E-state index in [0.29, 0.717) is 6.04 Å². The van der Waals surface area contributed by atoms with E-state index < -0.39 is 0 Å². The first-order valence-corrected chi connectivity index (χ1v) is 8.83. The quantitative estimate of drug-likeness (QED) is 0.899. The van der Waals surface area contributed by atoms with Crippen LogP contribution < -0.4 is 4.74 Å². The largest absolute Gasteiger partial charge is 0.497 e. The van der Waals surface area contributed by atoms with Gasteiger partial charge in [0.2, 0.25) is 0 Å². The van der Waals surface area contributed by atoms with E-state index in [1.54, 1.807) is 7.11 Å². The number of nitrogens with zero attached hydrogens (tertiary/aromatic N) is 1. The summed E-state index contributed by atoms with van der Waals surface area (Å²) in [5, 5.41) is 9.80. The van der Waals surface area contributed by atoms with Gasteiger partial charge in [-0.05, 0) is 56.2 Å². The van der Waals surface area contributed by atoms with E-state index in [9.17, 15) is 5.11 Å². The highest BCUT2D eigenvalue weighted by Crippen LogP contribution is 2.32. The highest BCUT2D eigenvalue weighted by Gasteiger charge is 2.31. The number of aliphatic hydroxyl groups excluding tert-OH is 1. The fourth-order valence-electron chi connectivity index (χ4n) is 4.16. The number of aliphatic hydroxyl groups is 1. The lowest BCUT2D eigenvalue weighted by atomic mass is 9.90. The number of methoxy groups -OCH3 is 1. The molecule has 3 heteroatoms. The molecule has 1 aromatic rings. The summed E-state index contributed by atoms with van der Waals surface area (Å²) in [4.78, 5) is 2.73. The van der Waals surface area contributed by atoms with Gasteiger partial charge in [-0.25, -0.2) is 0 Å². The molecular weight excluding hydrogens is 274 g/mol. The molecule has 0 unspecified atom stereocenters. The minimum absolute atomic E-state index is 0.0708. The van der Waals surface area contributed by atoms with E-state index in [1.165, 1.54) is 31.2 Å². The molecule has 2 aliphatic carbocycles. The van der Waals surface area contributed by atoms with Crippen molar-refractivity contribution in [3.05, 3.63) is 29.8 Å². The van der Waals surface area contributed by atoms with Crippen LogP contribution in [-0.4, -0.2) is 35.3 Å². The molecule has 0 radical (unpaired) electrons. The molecule has 0 atom stereocenters. The summed E-state index contributed by atoms with van der Waals surface area (Å²) in [5.41, 5.74) is 1.34. The zero-order valence-electron chi connectivity index (χ0n) is 13.7. The number of rotatable bonds is 5. The van der Waals surface area contributed by atoms with E-state index in [1.807, 2.05) is 6.07 Å². The Hall–Kier alpha value is -1.06. The standard InChI is InChI=1S/C19H29NO2/c1-22-19-8-4-5-15(13-19)14-20(16-6-2-3-7-16)17-9-11-18(21)12-10-17/h4-5,8,13,16-18,21H,2-3,6-7,9-12,14H2,1H3. The summed E-state index contributed by atoms with van der Waals surface area (Å²) in [5.74, 6) is 0.947. The number of hydrogen-bond acceptors (Lipinski definition) is 3. The summed E-state index contributed by atoms with van der Waals surface area (Å²) in [6.07, 6.45) is 9.55. The highest BCUT2D eigenvalue weighted by atomic mass is 16.5. The molecule has 2 saturated carbocycles. The second kappa shape index (κ2) is 7.47. The summed E-state index contributed by atoms with van der Waals surface area (Å²) in [7, 11) is 1.73. The zero-order chi connectivity index (χ0) is 15.4. The summed E-state index contributed by atoms with van der Waals surface area (Å²) >= 11 is 0. The predicted molar refractivity (Wildman–Crippen MR) is 89.1 cm³/mol. The highest BCUT2D eigenvalue weighted by molar-refractivity contribution is 5.28. The molecule has 3 rings (SSSR count). The predicted octanol–water partition coefficient (Wildman–Crippen LogP) is 3.74. The molecule has 122 valence electrons. The molecule has 0 amide bonds. The lowest BCUT2D eigenvalue weighted by Gasteiger charge is -2.39. The van der Waals surface area contributed by atoms with E-state index in [0.717, 1.165) is 44.0 Å². The van der Waals surface area contributed by atoms with Crippen molar-refractivity contribution in [2.45, 2.75) is 76.1 Å². The normalized spacial score (nSPS) is 26.5.